The molecule has 0 amide bonds. The first-order valence-corrected chi connectivity index (χ1v) is 11.7. The number of allylic oxidation sites excluding steroid dienone is 2. The zero-order valence-electron chi connectivity index (χ0n) is 18.6. The average Bonchev–Trinajstić information content (AvgIpc) is 3.34. The number of aryl methyl sites for hydroxylation is 4. The molecule has 2 aromatic carbocycles. The molecule has 2 heterocycles. The average molecular weight is 395 g/mol. The van der Waals surface area contributed by atoms with Crippen LogP contribution in [0.1, 0.15) is 78.6 Å². The van der Waals surface area contributed by atoms with Gasteiger partial charge >= 0.3 is 0 Å². The van der Waals surface area contributed by atoms with Crippen molar-refractivity contribution in [3.05, 3.63) is 93.1 Å². The van der Waals surface area contributed by atoms with E-state index in [0.717, 1.165) is 25.7 Å². The van der Waals surface area contributed by atoms with Gasteiger partial charge in [-0.3, -0.25) is 0 Å². The minimum Gasteiger partial charge on any atom is -0.351 e. The molecular weight excluding hydrogens is 364 g/mol. The third-order valence-electron chi connectivity index (χ3n) is 8.92. The highest BCUT2D eigenvalue weighted by Gasteiger charge is 2.54. The Kier molecular flexibility index (Phi) is 2.94. The molecule has 0 spiro atoms. The SMILES string of the molecule is C[C@]12C=C[C@](C)(C1)c1c3ccc(c12)CCc1ccc(c2c1[C@]1(C)C=C[C@@]2(C)O1)CC3. The van der Waals surface area contributed by atoms with Gasteiger partial charge in [-0.25, -0.2) is 0 Å². The van der Waals surface area contributed by atoms with Crippen molar-refractivity contribution in [3.8, 4) is 0 Å². The van der Waals surface area contributed by atoms with Crippen molar-refractivity contribution in [1.29, 1.82) is 0 Å². The molecule has 30 heavy (non-hydrogen) atoms. The Morgan fingerprint density at radius 3 is 1.30 bits per heavy atom. The van der Waals surface area contributed by atoms with Gasteiger partial charge in [0.2, 0.25) is 0 Å². The summed E-state index contributed by atoms with van der Waals surface area (Å²) >= 11 is 0. The lowest BCUT2D eigenvalue weighted by molar-refractivity contribution is -0.0499. The molecule has 1 heteroatoms. The third kappa shape index (κ3) is 1.90. The van der Waals surface area contributed by atoms with Gasteiger partial charge in [0, 0.05) is 10.8 Å². The van der Waals surface area contributed by atoms with Crippen molar-refractivity contribution in [2.75, 3.05) is 0 Å². The van der Waals surface area contributed by atoms with E-state index in [9.17, 15) is 0 Å². The standard InChI is InChI=1S/C29H30O/c1-26-13-14-27(2,17-26)23-19-6-5-18(22(23)26)7-9-20-11-12-21(10-8-19)25-24(20)28(3)15-16-29(25,4)30-28/h5-6,11-16H,7-10,17H2,1-4H3/t26-,27+,28-,29+. The van der Waals surface area contributed by atoms with Crippen molar-refractivity contribution in [2.45, 2.75) is 81.8 Å². The van der Waals surface area contributed by atoms with Gasteiger partial charge in [-0.05, 0) is 103 Å². The molecule has 4 aliphatic carbocycles. The monoisotopic (exact) mass is 394 g/mol. The summed E-state index contributed by atoms with van der Waals surface area (Å²) in [5, 5.41) is 0. The normalized spacial score (nSPS) is 38.8. The maximum Gasteiger partial charge on any atom is 0.111 e. The Morgan fingerprint density at radius 1 is 0.533 bits per heavy atom. The Morgan fingerprint density at radius 2 is 0.900 bits per heavy atom. The Bertz CT molecular complexity index is 1030. The van der Waals surface area contributed by atoms with Crippen LogP contribution in [0.4, 0.5) is 0 Å². The molecule has 0 fully saturated rings. The fraction of sp³-hybridized carbons (Fsp3) is 0.448. The second-order valence-corrected chi connectivity index (χ2v) is 11.3. The lowest BCUT2D eigenvalue weighted by atomic mass is 9.73. The van der Waals surface area contributed by atoms with Gasteiger partial charge in [0.1, 0.15) is 11.2 Å². The summed E-state index contributed by atoms with van der Waals surface area (Å²) in [5.41, 5.74) is 12.3. The number of ether oxygens (including phenoxy) is 1. The molecule has 152 valence electrons. The van der Waals surface area contributed by atoms with Gasteiger partial charge in [-0.1, -0.05) is 50.3 Å². The van der Waals surface area contributed by atoms with Crippen LogP contribution < -0.4 is 0 Å². The highest BCUT2D eigenvalue weighted by molar-refractivity contribution is 5.63. The third-order valence-corrected chi connectivity index (χ3v) is 8.92. The molecule has 0 saturated heterocycles. The van der Waals surface area contributed by atoms with Crippen LogP contribution in [0.2, 0.25) is 0 Å². The summed E-state index contributed by atoms with van der Waals surface area (Å²) in [7, 11) is 0. The number of fused-ring (bicyclic) bond motifs is 10. The van der Waals surface area contributed by atoms with E-state index in [1.165, 1.54) is 28.7 Å². The van der Waals surface area contributed by atoms with Gasteiger partial charge < -0.3 is 4.74 Å². The van der Waals surface area contributed by atoms with Crippen LogP contribution in [0.3, 0.4) is 0 Å². The molecule has 0 unspecified atom stereocenters. The molecule has 0 N–H and O–H groups in total. The first-order valence-electron chi connectivity index (χ1n) is 11.7. The number of benzene rings is 2. The summed E-state index contributed by atoms with van der Waals surface area (Å²) in [6.07, 6.45) is 15.3. The van der Waals surface area contributed by atoms with Crippen LogP contribution in [0, 0.1) is 0 Å². The zero-order chi connectivity index (χ0) is 20.5. The fourth-order valence-corrected chi connectivity index (χ4v) is 7.88. The van der Waals surface area contributed by atoms with Crippen LogP contribution in [-0.4, -0.2) is 0 Å². The van der Waals surface area contributed by atoms with E-state index in [-0.39, 0.29) is 22.0 Å². The Hall–Kier alpha value is -2.12. The molecule has 8 rings (SSSR count). The van der Waals surface area contributed by atoms with Crippen LogP contribution in [0.25, 0.3) is 0 Å². The van der Waals surface area contributed by atoms with Gasteiger partial charge in [0.25, 0.3) is 0 Å². The molecule has 1 nitrogen and oxygen atoms in total. The van der Waals surface area contributed by atoms with E-state index >= 15 is 0 Å². The van der Waals surface area contributed by atoms with Gasteiger partial charge in [0.05, 0.1) is 0 Å². The Labute approximate surface area is 179 Å². The van der Waals surface area contributed by atoms with E-state index in [1.807, 2.05) is 0 Å². The second kappa shape index (κ2) is 5.02. The summed E-state index contributed by atoms with van der Waals surface area (Å²) < 4.78 is 6.63. The van der Waals surface area contributed by atoms with Crippen molar-refractivity contribution in [2.24, 2.45) is 0 Å². The largest absolute Gasteiger partial charge is 0.351 e. The highest BCUT2D eigenvalue weighted by atomic mass is 16.5. The second-order valence-electron chi connectivity index (χ2n) is 11.3. The van der Waals surface area contributed by atoms with Crippen LogP contribution >= 0.6 is 0 Å². The number of rotatable bonds is 0. The lowest BCUT2D eigenvalue weighted by Gasteiger charge is -2.30. The van der Waals surface area contributed by atoms with E-state index in [2.05, 4.69) is 76.3 Å². The maximum absolute atomic E-state index is 6.63. The first-order chi connectivity index (χ1) is 14.2. The summed E-state index contributed by atoms with van der Waals surface area (Å²) in [4.78, 5) is 0. The number of hydrogen-bond acceptors (Lipinski definition) is 1. The van der Waals surface area contributed by atoms with Gasteiger partial charge in [-0.15, -0.1) is 0 Å². The predicted molar refractivity (Wildman–Crippen MR) is 121 cm³/mol. The van der Waals surface area contributed by atoms with E-state index in [4.69, 9.17) is 4.74 Å². The molecule has 8 bridgehead atoms. The van der Waals surface area contributed by atoms with E-state index in [0.29, 0.717) is 0 Å². The zero-order valence-corrected chi connectivity index (χ0v) is 18.6. The maximum atomic E-state index is 6.63. The molecule has 0 radical (unpaired) electrons. The van der Waals surface area contributed by atoms with E-state index in [1.54, 1.807) is 22.3 Å². The lowest BCUT2D eigenvalue weighted by Crippen LogP contribution is -2.22. The smallest absolute Gasteiger partial charge is 0.111 e. The minimum absolute atomic E-state index is 0.217. The van der Waals surface area contributed by atoms with Crippen LogP contribution in [0.5, 0.6) is 0 Å². The Balaban J connectivity index is 1.45. The van der Waals surface area contributed by atoms with E-state index < -0.39 is 0 Å². The molecule has 0 saturated carbocycles. The molecule has 2 aliphatic heterocycles. The summed E-state index contributed by atoms with van der Waals surface area (Å²) in [6.45, 7) is 9.45. The quantitative estimate of drug-likeness (QED) is 0.491. The van der Waals surface area contributed by atoms with Crippen molar-refractivity contribution >= 4 is 0 Å². The summed E-state index contributed by atoms with van der Waals surface area (Å²) in [6, 6.07) is 9.72. The van der Waals surface area contributed by atoms with Crippen LogP contribution in [0.15, 0.2) is 48.6 Å². The summed E-state index contributed by atoms with van der Waals surface area (Å²) in [5.74, 6) is 0. The number of hydrogen-bond donors (Lipinski definition) is 0. The first kappa shape index (κ1) is 17.5. The minimum atomic E-state index is -0.259. The van der Waals surface area contributed by atoms with Gasteiger partial charge in [-0.2, -0.15) is 0 Å². The van der Waals surface area contributed by atoms with Crippen LogP contribution in [-0.2, 0) is 52.5 Å². The van der Waals surface area contributed by atoms with Crippen molar-refractivity contribution in [3.63, 3.8) is 0 Å². The van der Waals surface area contributed by atoms with Gasteiger partial charge in [0.15, 0.2) is 0 Å². The van der Waals surface area contributed by atoms with Crippen molar-refractivity contribution in [1.82, 2.24) is 0 Å². The molecule has 6 aliphatic rings. The highest BCUT2D eigenvalue weighted by Crippen LogP contribution is 2.59. The topological polar surface area (TPSA) is 9.23 Å². The molecule has 4 atom stereocenters. The molecular formula is C29H30O. The van der Waals surface area contributed by atoms with Crippen molar-refractivity contribution < 1.29 is 4.74 Å². The molecule has 2 aromatic rings. The fourth-order valence-electron chi connectivity index (χ4n) is 7.88. The predicted octanol–water partition coefficient (Wildman–Crippen LogP) is 6.09. The molecule has 0 aromatic heterocycles.